The van der Waals surface area contributed by atoms with Crippen molar-refractivity contribution in [3.05, 3.63) is 0 Å². The first-order chi connectivity index (χ1) is 6.01. The second kappa shape index (κ2) is 2.69. The van der Waals surface area contributed by atoms with Crippen LogP contribution in [0.2, 0.25) is 0 Å². The molecule has 1 N–H and O–H groups in total. The molecule has 1 nitrogen and oxygen atoms in total. The van der Waals surface area contributed by atoms with Gasteiger partial charge in [0.25, 0.3) is 0 Å². The Labute approximate surface area is 79.3 Å². The molecule has 2 aliphatic rings. The van der Waals surface area contributed by atoms with Gasteiger partial charge in [-0.3, -0.25) is 0 Å². The molecular formula is C11H19FO. The highest BCUT2D eigenvalue weighted by molar-refractivity contribution is 5.06. The first-order valence-corrected chi connectivity index (χ1v) is 5.33. The van der Waals surface area contributed by atoms with Crippen LogP contribution in [-0.4, -0.2) is 11.5 Å². The fourth-order valence-corrected chi connectivity index (χ4v) is 3.40. The van der Waals surface area contributed by atoms with Crippen molar-refractivity contribution in [3.63, 3.8) is 0 Å². The summed E-state index contributed by atoms with van der Waals surface area (Å²) < 4.78 is 13.1. The average molecular weight is 186 g/mol. The Balaban J connectivity index is 2.19. The lowest BCUT2D eigenvalue weighted by Gasteiger charge is -2.31. The van der Waals surface area contributed by atoms with Gasteiger partial charge < -0.3 is 5.11 Å². The number of hydrogen-bond acceptors (Lipinski definition) is 1. The lowest BCUT2D eigenvalue weighted by atomic mass is 9.75. The molecule has 76 valence electrons. The topological polar surface area (TPSA) is 20.2 Å². The highest BCUT2D eigenvalue weighted by Gasteiger charge is 2.58. The van der Waals surface area contributed by atoms with Crippen LogP contribution in [-0.2, 0) is 0 Å². The van der Waals surface area contributed by atoms with E-state index in [0.717, 1.165) is 32.1 Å². The molecule has 2 heteroatoms. The third-order valence-electron chi connectivity index (χ3n) is 4.68. The number of aliphatic hydroxyl groups excluding tert-OH is 1. The molecule has 13 heavy (non-hydrogen) atoms. The smallest absolute Gasteiger partial charge is 0.202 e. The first-order valence-electron chi connectivity index (χ1n) is 5.33. The Morgan fingerprint density at radius 2 is 1.54 bits per heavy atom. The Bertz CT molecular complexity index is 180. The molecule has 0 heterocycles. The molecule has 2 fully saturated rings. The van der Waals surface area contributed by atoms with E-state index in [1.165, 1.54) is 0 Å². The van der Waals surface area contributed by atoms with E-state index in [4.69, 9.17) is 5.11 Å². The van der Waals surface area contributed by atoms with Crippen LogP contribution >= 0.6 is 0 Å². The van der Waals surface area contributed by atoms with Crippen LogP contribution in [0.3, 0.4) is 0 Å². The minimum Gasteiger partial charge on any atom is -0.364 e. The van der Waals surface area contributed by atoms with Gasteiger partial charge in [-0.05, 0) is 43.4 Å². The van der Waals surface area contributed by atoms with Gasteiger partial charge in [-0.2, -0.15) is 0 Å². The number of aliphatic hydroxyl groups is 1. The minimum absolute atomic E-state index is 0.354. The summed E-state index contributed by atoms with van der Waals surface area (Å²) in [5, 5.41) is 9.16. The van der Waals surface area contributed by atoms with Gasteiger partial charge in [0.2, 0.25) is 6.36 Å². The van der Waals surface area contributed by atoms with Crippen LogP contribution in [0, 0.1) is 16.7 Å². The lowest BCUT2D eigenvalue weighted by Crippen LogP contribution is -2.26. The molecule has 2 saturated carbocycles. The van der Waals surface area contributed by atoms with Crippen LogP contribution in [0.25, 0.3) is 0 Å². The molecule has 2 bridgehead atoms. The summed E-state index contributed by atoms with van der Waals surface area (Å²) >= 11 is 0. The number of rotatable bonds is 2. The van der Waals surface area contributed by atoms with Gasteiger partial charge in [0.05, 0.1) is 0 Å². The van der Waals surface area contributed by atoms with Crippen LogP contribution < -0.4 is 0 Å². The number of halogens is 1. The standard InChI is InChI=1S/C11H19FO/c1-8(2)10-3-5-11(7-10,6-4-10)9(12)13/h8-9,13H,3-7H2,1-2H3. The summed E-state index contributed by atoms with van der Waals surface area (Å²) in [7, 11) is 0. The maximum Gasteiger partial charge on any atom is 0.202 e. The van der Waals surface area contributed by atoms with Crippen molar-refractivity contribution >= 4 is 0 Å². The molecular weight excluding hydrogens is 167 g/mol. The van der Waals surface area contributed by atoms with Gasteiger partial charge in [0.15, 0.2) is 0 Å². The monoisotopic (exact) mass is 186 g/mol. The Kier molecular flexibility index (Phi) is 1.96. The zero-order valence-corrected chi connectivity index (χ0v) is 8.52. The third kappa shape index (κ3) is 1.14. The van der Waals surface area contributed by atoms with Gasteiger partial charge in [-0.1, -0.05) is 13.8 Å². The van der Waals surface area contributed by atoms with Crippen molar-refractivity contribution in [2.75, 3.05) is 0 Å². The zero-order chi connectivity index (χ0) is 9.69. The predicted molar refractivity (Wildman–Crippen MR) is 49.9 cm³/mol. The van der Waals surface area contributed by atoms with Crippen molar-refractivity contribution in [2.24, 2.45) is 16.7 Å². The second-order valence-corrected chi connectivity index (χ2v) is 5.39. The Hall–Kier alpha value is -0.110. The minimum atomic E-state index is -1.59. The molecule has 0 spiro atoms. The second-order valence-electron chi connectivity index (χ2n) is 5.39. The summed E-state index contributed by atoms with van der Waals surface area (Å²) in [5.41, 5.74) is -0.00264. The van der Waals surface area contributed by atoms with Gasteiger partial charge in [-0.15, -0.1) is 0 Å². The highest BCUT2D eigenvalue weighted by atomic mass is 19.1. The Morgan fingerprint density at radius 3 is 1.77 bits per heavy atom. The fourth-order valence-electron chi connectivity index (χ4n) is 3.40. The molecule has 2 rings (SSSR count). The van der Waals surface area contributed by atoms with Gasteiger partial charge in [0.1, 0.15) is 0 Å². The number of hydrogen-bond donors (Lipinski definition) is 1. The van der Waals surface area contributed by atoms with Gasteiger partial charge in [0, 0.05) is 5.41 Å². The highest BCUT2D eigenvalue weighted by Crippen LogP contribution is 2.65. The van der Waals surface area contributed by atoms with E-state index < -0.39 is 6.36 Å². The molecule has 0 aromatic heterocycles. The average Bonchev–Trinajstić information content (AvgIpc) is 2.61. The summed E-state index contributed by atoms with van der Waals surface area (Å²) in [6, 6.07) is 0. The van der Waals surface area contributed by atoms with E-state index >= 15 is 0 Å². The molecule has 0 amide bonds. The summed E-state index contributed by atoms with van der Waals surface area (Å²) in [5.74, 6) is 0.635. The molecule has 0 aromatic carbocycles. The van der Waals surface area contributed by atoms with Crippen molar-refractivity contribution in [2.45, 2.75) is 52.3 Å². The molecule has 0 aromatic rings. The van der Waals surface area contributed by atoms with E-state index in [1.54, 1.807) is 0 Å². The molecule has 2 aliphatic carbocycles. The summed E-state index contributed by atoms with van der Waals surface area (Å²) in [6.45, 7) is 4.46. The predicted octanol–water partition coefficient (Wildman–Crippen LogP) is 2.88. The first kappa shape index (κ1) is 9.45. The van der Waals surface area contributed by atoms with Crippen LogP contribution in [0.4, 0.5) is 4.39 Å². The maximum absolute atomic E-state index is 13.1. The van der Waals surface area contributed by atoms with Crippen molar-refractivity contribution in [3.8, 4) is 0 Å². The van der Waals surface area contributed by atoms with Gasteiger partial charge in [-0.25, -0.2) is 4.39 Å². The molecule has 1 unspecified atom stereocenters. The van der Waals surface area contributed by atoms with E-state index in [-0.39, 0.29) is 5.41 Å². The van der Waals surface area contributed by atoms with Crippen LogP contribution in [0.1, 0.15) is 46.0 Å². The molecule has 0 aliphatic heterocycles. The van der Waals surface area contributed by atoms with Crippen molar-refractivity contribution < 1.29 is 9.50 Å². The normalized spacial score (nSPS) is 45.9. The summed E-state index contributed by atoms with van der Waals surface area (Å²) in [4.78, 5) is 0. The zero-order valence-electron chi connectivity index (χ0n) is 8.52. The Morgan fingerprint density at radius 1 is 1.08 bits per heavy atom. The van der Waals surface area contributed by atoms with Crippen molar-refractivity contribution in [1.29, 1.82) is 0 Å². The largest absolute Gasteiger partial charge is 0.364 e. The SMILES string of the molecule is CC(C)C12CCC(C(O)F)(CC1)C2. The van der Waals surface area contributed by atoms with E-state index in [0.29, 0.717) is 11.3 Å². The molecule has 0 radical (unpaired) electrons. The molecule has 0 saturated heterocycles. The van der Waals surface area contributed by atoms with Crippen LogP contribution in [0.5, 0.6) is 0 Å². The lowest BCUT2D eigenvalue weighted by molar-refractivity contribution is -0.0694. The van der Waals surface area contributed by atoms with E-state index in [9.17, 15) is 4.39 Å². The van der Waals surface area contributed by atoms with Gasteiger partial charge >= 0.3 is 0 Å². The fraction of sp³-hybridized carbons (Fsp3) is 1.00. The number of fused-ring (bicyclic) bond motifs is 2. The van der Waals surface area contributed by atoms with E-state index in [1.807, 2.05) is 0 Å². The van der Waals surface area contributed by atoms with E-state index in [2.05, 4.69) is 13.8 Å². The number of alkyl halides is 1. The molecule has 1 atom stereocenters. The summed E-state index contributed by atoms with van der Waals surface area (Å²) in [6.07, 6.45) is 3.34. The van der Waals surface area contributed by atoms with Crippen molar-refractivity contribution in [1.82, 2.24) is 0 Å². The van der Waals surface area contributed by atoms with Crippen LogP contribution in [0.15, 0.2) is 0 Å². The maximum atomic E-state index is 13.1. The third-order valence-corrected chi connectivity index (χ3v) is 4.68. The quantitative estimate of drug-likeness (QED) is 0.703.